The summed E-state index contributed by atoms with van der Waals surface area (Å²) in [6.45, 7) is 2.51. The van der Waals surface area contributed by atoms with Crippen molar-refractivity contribution in [3.05, 3.63) is 36.2 Å². The van der Waals surface area contributed by atoms with Crippen molar-refractivity contribution in [2.24, 2.45) is 0 Å². The van der Waals surface area contributed by atoms with Crippen LogP contribution in [0.15, 0.2) is 30.5 Å². The van der Waals surface area contributed by atoms with Crippen molar-refractivity contribution in [3.8, 4) is 5.75 Å². The van der Waals surface area contributed by atoms with Gasteiger partial charge in [0.1, 0.15) is 12.3 Å². The van der Waals surface area contributed by atoms with Crippen molar-refractivity contribution in [1.82, 2.24) is 15.1 Å². The van der Waals surface area contributed by atoms with Gasteiger partial charge in [-0.15, -0.1) is 0 Å². The minimum absolute atomic E-state index is 0.0204. The van der Waals surface area contributed by atoms with E-state index < -0.39 is 0 Å². The van der Waals surface area contributed by atoms with Crippen LogP contribution in [-0.4, -0.2) is 59.1 Å². The second kappa shape index (κ2) is 7.94. The van der Waals surface area contributed by atoms with E-state index in [4.69, 9.17) is 4.74 Å². The Morgan fingerprint density at radius 3 is 3.00 bits per heavy atom. The molecule has 1 fully saturated rings. The standard InChI is InChI=1S/C20H23N5O4/c1-13(26)22-15-9-21-23-20(15)14-5-4-8-24(10-14)18(27)11-25-16-6-2-3-7-17(16)29-12-19(25)28/h2-3,6-7,9,14H,4-5,8,10-12H2,1H3,(H,21,23)(H,22,26). The van der Waals surface area contributed by atoms with E-state index in [1.54, 1.807) is 23.2 Å². The van der Waals surface area contributed by atoms with E-state index in [1.807, 2.05) is 12.1 Å². The molecule has 0 spiro atoms. The maximum absolute atomic E-state index is 13.0. The van der Waals surface area contributed by atoms with Crippen LogP contribution in [0.5, 0.6) is 5.75 Å². The SMILES string of the molecule is CC(=O)Nc1cn[nH]c1C1CCCN(C(=O)CN2C(=O)COc3ccccc32)C1. The van der Waals surface area contributed by atoms with E-state index >= 15 is 0 Å². The van der Waals surface area contributed by atoms with Gasteiger partial charge >= 0.3 is 0 Å². The highest BCUT2D eigenvalue weighted by molar-refractivity contribution is 6.02. The number of aromatic nitrogens is 2. The molecule has 4 rings (SSSR count). The molecule has 1 unspecified atom stereocenters. The lowest BCUT2D eigenvalue weighted by Gasteiger charge is -2.35. The third-order valence-corrected chi connectivity index (χ3v) is 5.26. The fourth-order valence-electron chi connectivity index (χ4n) is 3.90. The highest BCUT2D eigenvalue weighted by Crippen LogP contribution is 2.33. The Labute approximate surface area is 168 Å². The highest BCUT2D eigenvalue weighted by Gasteiger charge is 2.32. The molecule has 3 heterocycles. The largest absolute Gasteiger partial charge is 0.482 e. The Balaban J connectivity index is 1.47. The van der Waals surface area contributed by atoms with Crippen molar-refractivity contribution in [3.63, 3.8) is 0 Å². The number of H-pyrrole nitrogens is 1. The first-order chi connectivity index (χ1) is 14.0. The van der Waals surface area contributed by atoms with Gasteiger partial charge in [0, 0.05) is 25.9 Å². The monoisotopic (exact) mass is 397 g/mol. The molecule has 9 heteroatoms. The number of carbonyl (C=O) groups is 3. The number of carbonyl (C=O) groups excluding carboxylic acids is 3. The number of hydrogen-bond acceptors (Lipinski definition) is 5. The molecule has 2 aliphatic heterocycles. The average Bonchev–Trinajstić information content (AvgIpc) is 3.17. The summed E-state index contributed by atoms with van der Waals surface area (Å²) in [5.41, 5.74) is 2.09. The lowest BCUT2D eigenvalue weighted by atomic mass is 9.94. The smallest absolute Gasteiger partial charge is 0.265 e. The normalized spacial score (nSPS) is 18.8. The minimum atomic E-state index is -0.230. The van der Waals surface area contributed by atoms with Gasteiger partial charge in [0.25, 0.3) is 5.91 Å². The second-order valence-electron chi connectivity index (χ2n) is 7.29. The molecule has 3 amide bonds. The fourth-order valence-corrected chi connectivity index (χ4v) is 3.90. The maximum atomic E-state index is 13.0. The number of fused-ring (bicyclic) bond motifs is 1. The van der Waals surface area contributed by atoms with Crippen molar-refractivity contribution < 1.29 is 19.1 Å². The van der Waals surface area contributed by atoms with Crippen LogP contribution in [0.25, 0.3) is 0 Å². The Morgan fingerprint density at radius 1 is 1.34 bits per heavy atom. The lowest BCUT2D eigenvalue weighted by molar-refractivity contribution is -0.133. The number of nitrogens with zero attached hydrogens (tertiary/aromatic N) is 3. The molecule has 1 aromatic heterocycles. The predicted molar refractivity (Wildman–Crippen MR) is 106 cm³/mol. The number of amides is 3. The summed E-state index contributed by atoms with van der Waals surface area (Å²) in [4.78, 5) is 40.0. The van der Waals surface area contributed by atoms with Crippen LogP contribution in [0.2, 0.25) is 0 Å². The molecule has 0 saturated carbocycles. The van der Waals surface area contributed by atoms with Crippen LogP contribution >= 0.6 is 0 Å². The molecule has 2 N–H and O–H groups in total. The Morgan fingerprint density at radius 2 is 2.17 bits per heavy atom. The van der Waals surface area contributed by atoms with E-state index in [0.29, 0.717) is 30.2 Å². The average molecular weight is 397 g/mol. The van der Waals surface area contributed by atoms with E-state index in [0.717, 1.165) is 18.5 Å². The first-order valence-corrected chi connectivity index (χ1v) is 9.63. The summed E-state index contributed by atoms with van der Waals surface area (Å²) in [7, 11) is 0. The first kappa shape index (κ1) is 19.0. The molecule has 0 bridgehead atoms. The molecule has 0 aliphatic carbocycles. The number of nitrogens with one attached hydrogen (secondary N) is 2. The molecular formula is C20H23N5O4. The van der Waals surface area contributed by atoms with Gasteiger partial charge in [0.2, 0.25) is 11.8 Å². The van der Waals surface area contributed by atoms with Gasteiger partial charge in [-0.05, 0) is 25.0 Å². The number of ether oxygens (including phenoxy) is 1. The summed E-state index contributed by atoms with van der Waals surface area (Å²) in [6.07, 6.45) is 3.31. The van der Waals surface area contributed by atoms with Crippen LogP contribution in [0.3, 0.4) is 0 Å². The number of aromatic amines is 1. The number of likely N-dealkylation sites (tertiary alicyclic amines) is 1. The molecule has 1 aromatic carbocycles. The second-order valence-corrected chi connectivity index (χ2v) is 7.29. The Bertz CT molecular complexity index is 940. The van der Waals surface area contributed by atoms with E-state index in [-0.39, 0.29) is 36.8 Å². The van der Waals surface area contributed by atoms with Crippen LogP contribution in [0.4, 0.5) is 11.4 Å². The zero-order valence-corrected chi connectivity index (χ0v) is 16.2. The number of anilines is 2. The van der Waals surface area contributed by atoms with E-state index in [1.165, 1.54) is 11.8 Å². The Kier molecular flexibility index (Phi) is 5.20. The highest BCUT2D eigenvalue weighted by atomic mass is 16.5. The summed E-state index contributed by atoms with van der Waals surface area (Å²) < 4.78 is 5.44. The zero-order chi connectivity index (χ0) is 20.4. The van der Waals surface area contributed by atoms with Gasteiger partial charge in [-0.3, -0.25) is 24.4 Å². The third kappa shape index (κ3) is 3.94. The summed E-state index contributed by atoms with van der Waals surface area (Å²) in [5, 5.41) is 9.77. The van der Waals surface area contributed by atoms with Crippen molar-refractivity contribution >= 4 is 29.1 Å². The van der Waals surface area contributed by atoms with Gasteiger partial charge in [-0.1, -0.05) is 12.1 Å². The molecule has 9 nitrogen and oxygen atoms in total. The van der Waals surface area contributed by atoms with Crippen LogP contribution in [0, 0.1) is 0 Å². The third-order valence-electron chi connectivity index (χ3n) is 5.26. The number of benzene rings is 1. The molecule has 0 radical (unpaired) electrons. The van der Waals surface area contributed by atoms with Gasteiger partial charge in [-0.25, -0.2) is 0 Å². The van der Waals surface area contributed by atoms with Gasteiger partial charge in [-0.2, -0.15) is 5.10 Å². The maximum Gasteiger partial charge on any atom is 0.265 e. The van der Waals surface area contributed by atoms with Crippen LogP contribution in [-0.2, 0) is 14.4 Å². The molecular weight excluding hydrogens is 374 g/mol. The van der Waals surface area contributed by atoms with Crippen LogP contribution < -0.4 is 15.0 Å². The molecule has 2 aromatic rings. The van der Waals surface area contributed by atoms with Crippen LogP contribution in [0.1, 0.15) is 31.4 Å². The van der Waals surface area contributed by atoms with Gasteiger partial charge < -0.3 is 15.0 Å². The number of piperidine rings is 1. The molecule has 152 valence electrons. The summed E-state index contributed by atoms with van der Waals surface area (Å²) in [6, 6.07) is 7.22. The zero-order valence-electron chi connectivity index (χ0n) is 16.2. The van der Waals surface area contributed by atoms with Gasteiger partial charge in [0.15, 0.2) is 6.61 Å². The summed E-state index contributed by atoms with van der Waals surface area (Å²) >= 11 is 0. The van der Waals surface area contributed by atoms with Crippen molar-refractivity contribution in [1.29, 1.82) is 0 Å². The molecule has 2 aliphatic rings. The fraction of sp³-hybridized carbons (Fsp3) is 0.400. The predicted octanol–water partition coefficient (Wildman–Crippen LogP) is 1.50. The minimum Gasteiger partial charge on any atom is -0.482 e. The molecule has 29 heavy (non-hydrogen) atoms. The quantitative estimate of drug-likeness (QED) is 0.813. The number of para-hydroxylation sites is 2. The molecule has 1 saturated heterocycles. The summed E-state index contributed by atoms with van der Waals surface area (Å²) in [5.74, 6) is 0.145. The van der Waals surface area contributed by atoms with Gasteiger partial charge in [0.05, 0.1) is 23.3 Å². The topological polar surface area (TPSA) is 108 Å². The first-order valence-electron chi connectivity index (χ1n) is 9.63. The van der Waals surface area contributed by atoms with E-state index in [9.17, 15) is 14.4 Å². The molecule has 1 atom stereocenters. The van der Waals surface area contributed by atoms with Crippen molar-refractivity contribution in [2.45, 2.75) is 25.7 Å². The number of hydrogen-bond donors (Lipinski definition) is 2. The Hall–Kier alpha value is -3.36. The van der Waals surface area contributed by atoms with E-state index in [2.05, 4.69) is 15.5 Å². The number of rotatable bonds is 4. The van der Waals surface area contributed by atoms with Crippen molar-refractivity contribution in [2.75, 3.05) is 36.5 Å². The lowest BCUT2D eigenvalue weighted by Crippen LogP contribution is -2.48.